The van der Waals surface area contributed by atoms with Gasteiger partial charge in [0.2, 0.25) is 0 Å². The molecule has 1 aliphatic heterocycles. The van der Waals surface area contributed by atoms with Crippen molar-refractivity contribution >= 4 is 5.82 Å². The van der Waals surface area contributed by atoms with Crippen LogP contribution in [0.3, 0.4) is 0 Å². The number of anilines is 1. The van der Waals surface area contributed by atoms with Gasteiger partial charge in [0.15, 0.2) is 0 Å². The van der Waals surface area contributed by atoms with Crippen LogP contribution in [0.5, 0.6) is 0 Å². The standard InChI is InChI=1S/C13H21N3/c1-10(2)16-8-5-11(6-9-16)12-4-3-7-15-13(12)14/h3-4,7,10-11H,5-6,8-9H2,1-2H3,(H2,14,15). The van der Waals surface area contributed by atoms with E-state index in [0.717, 1.165) is 0 Å². The smallest absolute Gasteiger partial charge is 0.126 e. The van der Waals surface area contributed by atoms with Gasteiger partial charge in [-0.1, -0.05) is 6.07 Å². The molecule has 0 spiro atoms. The Bertz CT molecular complexity index is 341. The summed E-state index contributed by atoms with van der Waals surface area (Å²) in [6.07, 6.45) is 4.17. The largest absolute Gasteiger partial charge is 0.383 e. The van der Waals surface area contributed by atoms with Gasteiger partial charge in [-0.2, -0.15) is 0 Å². The number of rotatable bonds is 2. The van der Waals surface area contributed by atoms with Crippen LogP contribution in [0.4, 0.5) is 5.82 Å². The fourth-order valence-corrected chi connectivity index (χ4v) is 2.50. The van der Waals surface area contributed by atoms with Crippen molar-refractivity contribution in [1.29, 1.82) is 0 Å². The number of pyridine rings is 1. The van der Waals surface area contributed by atoms with E-state index in [-0.39, 0.29) is 0 Å². The van der Waals surface area contributed by atoms with Gasteiger partial charge in [0, 0.05) is 12.2 Å². The average molecular weight is 219 g/mol. The molecule has 2 rings (SSSR count). The maximum atomic E-state index is 5.92. The van der Waals surface area contributed by atoms with Gasteiger partial charge < -0.3 is 10.6 Å². The summed E-state index contributed by atoms with van der Waals surface area (Å²) >= 11 is 0. The van der Waals surface area contributed by atoms with E-state index in [1.54, 1.807) is 6.20 Å². The van der Waals surface area contributed by atoms with Gasteiger partial charge in [-0.15, -0.1) is 0 Å². The lowest BCUT2D eigenvalue weighted by molar-refractivity contribution is 0.172. The Morgan fingerprint density at radius 2 is 2.06 bits per heavy atom. The maximum Gasteiger partial charge on any atom is 0.126 e. The molecule has 0 radical (unpaired) electrons. The maximum absolute atomic E-state index is 5.92. The van der Waals surface area contributed by atoms with Crippen LogP contribution in [0.2, 0.25) is 0 Å². The van der Waals surface area contributed by atoms with E-state index in [9.17, 15) is 0 Å². The molecule has 16 heavy (non-hydrogen) atoms. The minimum absolute atomic E-state index is 0.601. The van der Waals surface area contributed by atoms with E-state index in [0.29, 0.717) is 17.8 Å². The summed E-state index contributed by atoms with van der Waals surface area (Å²) in [7, 11) is 0. The van der Waals surface area contributed by atoms with Crippen LogP contribution in [-0.4, -0.2) is 29.0 Å². The summed E-state index contributed by atoms with van der Waals surface area (Å²) in [5.41, 5.74) is 7.16. The Labute approximate surface area is 97.7 Å². The molecule has 1 aromatic heterocycles. The van der Waals surface area contributed by atoms with Gasteiger partial charge in [0.1, 0.15) is 5.82 Å². The third kappa shape index (κ3) is 2.35. The van der Waals surface area contributed by atoms with Gasteiger partial charge in [0.05, 0.1) is 0 Å². The summed E-state index contributed by atoms with van der Waals surface area (Å²) in [6, 6.07) is 4.77. The molecule has 3 nitrogen and oxygen atoms in total. The molecular weight excluding hydrogens is 198 g/mol. The summed E-state index contributed by atoms with van der Waals surface area (Å²) in [5, 5.41) is 0. The van der Waals surface area contributed by atoms with Crippen molar-refractivity contribution in [3.8, 4) is 0 Å². The molecule has 0 saturated carbocycles. The Kier molecular flexibility index (Phi) is 3.44. The molecule has 1 saturated heterocycles. The number of aromatic nitrogens is 1. The molecular formula is C13H21N3. The van der Waals surface area contributed by atoms with Crippen molar-refractivity contribution in [3.63, 3.8) is 0 Å². The highest BCUT2D eigenvalue weighted by Gasteiger charge is 2.23. The summed E-state index contributed by atoms with van der Waals surface area (Å²) in [5.74, 6) is 1.31. The Balaban J connectivity index is 2.02. The summed E-state index contributed by atoms with van der Waals surface area (Å²) in [6.45, 7) is 6.88. The van der Waals surface area contributed by atoms with Crippen molar-refractivity contribution in [2.45, 2.75) is 38.6 Å². The normalized spacial score (nSPS) is 19.2. The molecule has 0 bridgehead atoms. The van der Waals surface area contributed by atoms with Crippen LogP contribution in [-0.2, 0) is 0 Å². The van der Waals surface area contributed by atoms with Crippen molar-refractivity contribution in [2.75, 3.05) is 18.8 Å². The highest BCUT2D eigenvalue weighted by molar-refractivity contribution is 5.41. The van der Waals surface area contributed by atoms with E-state index < -0.39 is 0 Å². The predicted molar refractivity (Wildman–Crippen MR) is 67.3 cm³/mol. The summed E-state index contributed by atoms with van der Waals surface area (Å²) in [4.78, 5) is 6.70. The van der Waals surface area contributed by atoms with Gasteiger partial charge in [-0.3, -0.25) is 0 Å². The monoisotopic (exact) mass is 219 g/mol. The number of nitrogens with two attached hydrogens (primary N) is 1. The summed E-state index contributed by atoms with van der Waals surface area (Å²) < 4.78 is 0. The number of likely N-dealkylation sites (tertiary alicyclic amines) is 1. The molecule has 0 aromatic carbocycles. The number of nitrogens with zero attached hydrogens (tertiary/aromatic N) is 2. The molecule has 2 heterocycles. The fourth-order valence-electron chi connectivity index (χ4n) is 2.50. The van der Waals surface area contributed by atoms with Crippen molar-refractivity contribution in [1.82, 2.24) is 9.88 Å². The van der Waals surface area contributed by atoms with Crippen LogP contribution in [0.1, 0.15) is 38.2 Å². The molecule has 0 unspecified atom stereocenters. The first-order chi connectivity index (χ1) is 7.68. The average Bonchev–Trinajstić information content (AvgIpc) is 2.30. The second-order valence-electron chi connectivity index (χ2n) is 4.88. The third-order valence-corrected chi connectivity index (χ3v) is 3.57. The molecule has 1 aliphatic rings. The van der Waals surface area contributed by atoms with Crippen LogP contribution >= 0.6 is 0 Å². The van der Waals surface area contributed by atoms with Crippen molar-refractivity contribution in [2.24, 2.45) is 0 Å². The fraction of sp³-hybridized carbons (Fsp3) is 0.615. The molecule has 88 valence electrons. The molecule has 1 aromatic rings. The number of piperidine rings is 1. The lowest BCUT2D eigenvalue weighted by Crippen LogP contribution is -2.37. The molecule has 0 aliphatic carbocycles. The first-order valence-electron chi connectivity index (χ1n) is 6.13. The van der Waals surface area contributed by atoms with Crippen molar-refractivity contribution in [3.05, 3.63) is 23.9 Å². The number of hydrogen-bond acceptors (Lipinski definition) is 3. The second kappa shape index (κ2) is 4.83. The SMILES string of the molecule is CC(C)N1CCC(c2cccnc2N)CC1. The predicted octanol–water partition coefficient (Wildman–Crippen LogP) is 2.25. The Morgan fingerprint density at radius 3 is 2.62 bits per heavy atom. The highest BCUT2D eigenvalue weighted by atomic mass is 15.1. The lowest BCUT2D eigenvalue weighted by atomic mass is 9.89. The van der Waals surface area contributed by atoms with E-state index in [4.69, 9.17) is 5.73 Å². The van der Waals surface area contributed by atoms with E-state index >= 15 is 0 Å². The molecule has 0 amide bonds. The molecule has 1 fully saturated rings. The van der Waals surface area contributed by atoms with Gasteiger partial charge in [-0.25, -0.2) is 4.98 Å². The zero-order chi connectivity index (χ0) is 11.5. The van der Waals surface area contributed by atoms with E-state index in [2.05, 4.69) is 29.8 Å². The van der Waals surface area contributed by atoms with Gasteiger partial charge >= 0.3 is 0 Å². The van der Waals surface area contributed by atoms with Crippen molar-refractivity contribution < 1.29 is 0 Å². The first kappa shape index (κ1) is 11.4. The zero-order valence-electron chi connectivity index (χ0n) is 10.2. The number of hydrogen-bond donors (Lipinski definition) is 1. The van der Waals surface area contributed by atoms with Crippen LogP contribution < -0.4 is 5.73 Å². The Morgan fingerprint density at radius 1 is 1.38 bits per heavy atom. The van der Waals surface area contributed by atoms with E-state index in [1.807, 2.05) is 6.07 Å². The lowest BCUT2D eigenvalue weighted by Gasteiger charge is -2.34. The zero-order valence-corrected chi connectivity index (χ0v) is 10.2. The second-order valence-corrected chi connectivity index (χ2v) is 4.88. The number of nitrogen functional groups attached to an aromatic ring is 1. The Hall–Kier alpha value is -1.09. The third-order valence-electron chi connectivity index (χ3n) is 3.57. The van der Waals surface area contributed by atoms with Crippen LogP contribution in [0.15, 0.2) is 18.3 Å². The quantitative estimate of drug-likeness (QED) is 0.829. The minimum Gasteiger partial charge on any atom is -0.383 e. The van der Waals surface area contributed by atoms with E-state index in [1.165, 1.54) is 31.5 Å². The highest BCUT2D eigenvalue weighted by Crippen LogP contribution is 2.30. The topological polar surface area (TPSA) is 42.2 Å². The van der Waals surface area contributed by atoms with Gasteiger partial charge in [-0.05, 0) is 57.3 Å². The minimum atomic E-state index is 0.601. The molecule has 3 heteroatoms. The van der Waals surface area contributed by atoms with Crippen LogP contribution in [0, 0.1) is 0 Å². The van der Waals surface area contributed by atoms with Gasteiger partial charge in [0.25, 0.3) is 0 Å². The van der Waals surface area contributed by atoms with Crippen LogP contribution in [0.25, 0.3) is 0 Å². The molecule has 0 atom stereocenters. The molecule has 2 N–H and O–H groups in total. The first-order valence-corrected chi connectivity index (χ1v) is 6.13.